The Bertz CT molecular complexity index is 1530. The van der Waals surface area contributed by atoms with Gasteiger partial charge in [0.15, 0.2) is 0 Å². The van der Waals surface area contributed by atoms with Crippen molar-refractivity contribution in [1.82, 2.24) is 19.2 Å². The second kappa shape index (κ2) is 11.5. The number of allylic oxidation sites excluding steroid dienone is 1. The first-order valence-electron chi connectivity index (χ1n) is 14.0. The van der Waals surface area contributed by atoms with Crippen LogP contribution in [0.4, 0.5) is 8.78 Å². The normalized spacial score (nSPS) is 22.9. The van der Waals surface area contributed by atoms with Crippen molar-refractivity contribution in [2.45, 2.75) is 63.8 Å². The van der Waals surface area contributed by atoms with Gasteiger partial charge in [-0.2, -0.15) is 8.78 Å². The van der Waals surface area contributed by atoms with Crippen LogP contribution in [0.15, 0.2) is 46.3 Å². The number of nitrogens with one attached hydrogen (secondary N) is 2. The molecule has 1 amide bonds. The number of nitrogens with zero attached hydrogens (tertiary/aromatic N) is 3. The van der Waals surface area contributed by atoms with Crippen LogP contribution in [-0.2, 0) is 21.2 Å². The Morgan fingerprint density at radius 2 is 1.88 bits per heavy atom. The number of H-pyrrole nitrogens is 1. The van der Waals surface area contributed by atoms with Crippen LogP contribution in [-0.4, -0.2) is 63.5 Å². The monoisotopic (exact) mass is 591 g/mol. The molecule has 1 saturated carbocycles. The lowest BCUT2D eigenvalue weighted by molar-refractivity contribution is -0.125. The van der Waals surface area contributed by atoms with Crippen molar-refractivity contribution in [2.24, 2.45) is 16.8 Å². The van der Waals surface area contributed by atoms with Gasteiger partial charge in [0.2, 0.25) is 15.9 Å². The Hall–Kier alpha value is -3.32. The van der Waals surface area contributed by atoms with Crippen LogP contribution in [0, 0.1) is 18.8 Å². The molecular formula is C28H35F2N5O5S. The van der Waals surface area contributed by atoms with Crippen LogP contribution in [0.3, 0.4) is 0 Å². The second-order valence-electron chi connectivity index (χ2n) is 11.3. The molecule has 13 heteroatoms. The van der Waals surface area contributed by atoms with Crippen molar-refractivity contribution in [3.63, 3.8) is 0 Å². The van der Waals surface area contributed by atoms with Gasteiger partial charge in [-0.05, 0) is 93.5 Å². The van der Waals surface area contributed by atoms with Crippen molar-refractivity contribution >= 4 is 21.8 Å². The molecule has 222 valence electrons. The van der Waals surface area contributed by atoms with Crippen molar-refractivity contribution in [2.75, 3.05) is 18.8 Å². The number of sulfonamides is 1. The maximum Gasteiger partial charge on any atom is 0.333 e. The van der Waals surface area contributed by atoms with E-state index in [0.29, 0.717) is 30.8 Å². The van der Waals surface area contributed by atoms with E-state index < -0.39 is 27.3 Å². The number of benzene rings is 1. The number of piperidine rings is 1. The Morgan fingerprint density at radius 3 is 2.49 bits per heavy atom. The SMILES string of the molecule is Cc1cc(-n2c(O)c[nH]c2=O)ccc1CCS(=O)(=O)N1CCC2(CC1)N=C(C1CCC(CC=C(F)F)CC1)NC2=O. The number of carbonyl (C=O) groups is 1. The molecule has 41 heavy (non-hydrogen) atoms. The fourth-order valence-electron chi connectivity index (χ4n) is 6.21. The van der Waals surface area contributed by atoms with Gasteiger partial charge in [0.05, 0.1) is 17.6 Å². The van der Waals surface area contributed by atoms with E-state index >= 15 is 0 Å². The first-order chi connectivity index (χ1) is 19.5. The largest absolute Gasteiger partial charge is 0.493 e. The number of hydrogen-bond acceptors (Lipinski definition) is 6. The lowest BCUT2D eigenvalue weighted by atomic mass is 9.80. The van der Waals surface area contributed by atoms with Crippen LogP contribution in [0.25, 0.3) is 5.69 Å². The molecule has 1 aliphatic carbocycles. The Kier molecular flexibility index (Phi) is 8.20. The summed E-state index contributed by atoms with van der Waals surface area (Å²) in [4.78, 5) is 32.1. The summed E-state index contributed by atoms with van der Waals surface area (Å²) in [6, 6.07) is 5.15. The van der Waals surface area contributed by atoms with Crippen LogP contribution >= 0.6 is 0 Å². The highest BCUT2D eigenvalue weighted by Gasteiger charge is 2.48. The zero-order chi connectivity index (χ0) is 29.4. The zero-order valence-electron chi connectivity index (χ0n) is 22.9. The molecule has 3 aliphatic rings. The number of amides is 1. The van der Waals surface area contributed by atoms with Crippen LogP contribution in [0.2, 0.25) is 0 Å². The number of rotatable bonds is 8. The molecule has 2 fully saturated rings. The minimum atomic E-state index is -3.59. The molecule has 3 heterocycles. The number of aromatic amines is 1. The van der Waals surface area contributed by atoms with Gasteiger partial charge in [-0.3, -0.25) is 9.79 Å². The third-order valence-electron chi connectivity index (χ3n) is 8.75. The summed E-state index contributed by atoms with van der Waals surface area (Å²) in [7, 11) is -3.59. The molecule has 5 rings (SSSR count). The maximum atomic E-state index is 13.2. The van der Waals surface area contributed by atoms with Crippen molar-refractivity contribution < 1.29 is 27.1 Å². The molecule has 1 saturated heterocycles. The lowest BCUT2D eigenvalue weighted by Gasteiger charge is -2.34. The molecule has 1 aromatic heterocycles. The molecule has 0 unspecified atom stereocenters. The van der Waals surface area contributed by atoms with Crippen molar-refractivity contribution in [3.05, 3.63) is 58.2 Å². The van der Waals surface area contributed by atoms with E-state index in [9.17, 15) is 31.9 Å². The number of imidazole rings is 1. The number of aromatic nitrogens is 2. The fourth-order valence-corrected chi connectivity index (χ4v) is 7.69. The first-order valence-corrected chi connectivity index (χ1v) is 15.6. The van der Waals surface area contributed by atoms with Crippen LogP contribution in [0.5, 0.6) is 5.88 Å². The van der Waals surface area contributed by atoms with Gasteiger partial charge >= 0.3 is 5.69 Å². The van der Waals surface area contributed by atoms with Gasteiger partial charge in [0.1, 0.15) is 11.4 Å². The summed E-state index contributed by atoms with van der Waals surface area (Å²) >= 11 is 0. The highest BCUT2D eigenvalue weighted by atomic mass is 32.2. The van der Waals surface area contributed by atoms with Crippen LogP contribution < -0.4 is 11.0 Å². The molecule has 1 aromatic carbocycles. The second-order valence-corrected chi connectivity index (χ2v) is 13.4. The van der Waals surface area contributed by atoms with E-state index in [1.54, 1.807) is 18.2 Å². The molecule has 0 radical (unpaired) electrons. The van der Waals surface area contributed by atoms with Gasteiger partial charge < -0.3 is 15.4 Å². The number of carbonyl (C=O) groups excluding carboxylic acids is 1. The van der Waals surface area contributed by atoms with Gasteiger partial charge in [-0.25, -0.2) is 22.1 Å². The van der Waals surface area contributed by atoms with E-state index in [0.717, 1.165) is 47.5 Å². The topological polar surface area (TPSA) is 137 Å². The molecule has 0 atom stereocenters. The summed E-state index contributed by atoms with van der Waals surface area (Å²) in [5.41, 5.74) is 0.671. The smallest absolute Gasteiger partial charge is 0.333 e. The predicted molar refractivity (Wildman–Crippen MR) is 150 cm³/mol. The maximum absolute atomic E-state index is 13.2. The first kappa shape index (κ1) is 29.2. The number of amidine groups is 1. The van der Waals surface area contributed by atoms with Gasteiger partial charge in [-0.1, -0.05) is 6.07 Å². The number of hydrogen-bond donors (Lipinski definition) is 3. The van der Waals surface area contributed by atoms with Crippen molar-refractivity contribution in [3.8, 4) is 11.6 Å². The van der Waals surface area contributed by atoms with E-state index in [2.05, 4.69) is 10.3 Å². The average molecular weight is 592 g/mol. The average Bonchev–Trinajstić information content (AvgIpc) is 3.44. The predicted octanol–water partition coefficient (Wildman–Crippen LogP) is 3.39. The summed E-state index contributed by atoms with van der Waals surface area (Å²) in [6.07, 6.45) is 4.97. The summed E-state index contributed by atoms with van der Waals surface area (Å²) in [5, 5.41) is 12.9. The van der Waals surface area contributed by atoms with E-state index in [1.807, 2.05) is 6.92 Å². The van der Waals surface area contributed by atoms with E-state index in [1.165, 1.54) is 10.5 Å². The summed E-state index contributed by atoms with van der Waals surface area (Å²) in [6.45, 7) is 2.23. The van der Waals surface area contributed by atoms with E-state index in [-0.39, 0.29) is 48.9 Å². The number of aliphatic imine (C=N–C) groups is 1. The minimum absolute atomic E-state index is 0.0880. The van der Waals surface area contributed by atoms with E-state index in [4.69, 9.17) is 4.99 Å². The standard InChI is InChI=1S/C28H35F2N5O5S/c1-18-16-22(35-24(36)17-31-27(35)38)8-7-20(18)10-15-41(39,40)34-13-11-28(12-14-34)26(37)32-25(33-28)21-5-2-19(3-6-21)4-9-23(29)30/h7-9,16-17,19,21,36H,2-6,10-15H2,1H3,(H,31,38)(H,32,33,37). The molecule has 0 bridgehead atoms. The van der Waals surface area contributed by atoms with Crippen molar-refractivity contribution in [1.29, 1.82) is 0 Å². The third kappa shape index (κ3) is 6.15. The Labute approximate surface area is 237 Å². The lowest BCUT2D eigenvalue weighted by Crippen LogP contribution is -2.51. The van der Waals surface area contributed by atoms with Gasteiger partial charge in [0, 0.05) is 19.0 Å². The highest BCUT2D eigenvalue weighted by molar-refractivity contribution is 7.89. The number of halogens is 2. The molecule has 1 spiro atoms. The molecular weight excluding hydrogens is 556 g/mol. The highest BCUT2D eigenvalue weighted by Crippen LogP contribution is 2.37. The molecule has 10 nitrogen and oxygen atoms in total. The summed E-state index contributed by atoms with van der Waals surface area (Å²) < 4.78 is 53.8. The quantitative estimate of drug-likeness (QED) is 0.432. The van der Waals surface area contributed by atoms with Gasteiger partial charge in [-0.15, -0.1) is 0 Å². The number of aromatic hydroxyl groups is 1. The molecule has 2 aliphatic heterocycles. The van der Waals surface area contributed by atoms with Crippen LogP contribution in [0.1, 0.15) is 56.1 Å². The Balaban J connectivity index is 1.17. The Morgan fingerprint density at radius 1 is 1.17 bits per heavy atom. The molecule has 2 aromatic rings. The summed E-state index contributed by atoms with van der Waals surface area (Å²) in [5.74, 6) is 0.467. The zero-order valence-corrected chi connectivity index (χ0v) is 23.7. The minimum Gasteiger partial charge on any atom is -0.493 e. The number of aryl methyl sites for hydroxylation is 2. The fraction of sp³-hybridized carbons (Fsp3) is 0.536. The third-order valence-corrected chi connectivity index (χ3v) is 10.6. The molecule has 3 N–H and O–H groups in total. The van der Waals surface area contributed by atoms with Gasteiger partial charge in [0.25, 0.3) is 12.0 Å².